The molecule has 0 aliphatic heterocycles. The third-order valence-corrected chi connectivity index (χ3v) is 11.9. The van der Waals surface area contributed by atoms with Crippen molar-refractivity contribution in [2.45, 2.75) is 0 Å². The maximum atomic E-state index is 5.25. The first-order valence-corrected chi connectivity index (χ1v) is 19.9. The first-order valence-electron chi connectivity index (χ1n) is 19.9. The standard InChI is InChI=1S/C55H35N3/c1-2-15-39(16-3-1)50-32-41(33-51(56-50)45-22-12-18-38-14-6-7-19-44(38)45)37-25-28-42(29-26-37)57-52-23-10-8-20-46(52)48-35-55-49(34-54(48)57)47-21-9-11-24-53(47)58(55)43-30-27-36-13-4-5-17-40(36)31-43/h1-35H. The second-order valence-corrected chi connectivity index (χ2v) is 15.2. The Hall–Kier alpha value is -7.75. The summed E-state index contributed by atoms with van der Waals surface area (Å²) in [4.78, 5) is 5.25. The van der Waals surface area contributed by atoms with Crippen LogP contribution in [0.2, 0.25) is 0 Å². The number of hydrogen-bond donors (Lipinski definition) is 0. The molecular formula is C55H35N3. The zero-order valence-electron chi connectivity index (χ0n) is 31.5. The molecule has 3 heterocycles. The van der Waals surface area contributed by atoms with Crippen LogP contribution in [0.1, 0.15) is 0 Å². The van der Waals surface area contributed by atoms with Gasteiger partial charge in [0.05, 0.1) is 33.5 Å². The molecule has 0 bridgehead atoms. The summed E-state index contributed by atoms with van der Waals surface area (Å²) in [5.41, 5.74) is 13.5. The summed E-state index contributed by atoms with van der Waals surface area (Å²) in [7, 11) is 0. The van der Waals surface area contributed by atoms with Gasteiger partial charge in [-0.2, -0.15) is 0 Å². The van der Waals surface area contributed by atoms with Gasteiger partial charge in [0.15, 0.2) is 0 Å². The largest absolute Gasteiger partial charge is 0.309 e. The first kappa shape index (κ1) is 32.5. The summed E-state index contributed by atoms with van der Waals surface area (Å²) in [6.45, 7) is 0. The Morgan fingerprint density at radius 3 is 1.55 bits per heavy atom. The van der Waals surface area contributed by atoms with Crippen LogP contribution in [0.5, 0.6) is 0 Å². The molecule has 58 heavy (non-hydrogen) atoms. The molecule has 0 fully saturated rings. The van der Waals surface area contributed by atoms with Gasteiger partial charge in [0.25, 0.3) is 0 Å². The van der Waals surface area contributed by atoms with Gasteiger partial charge in [0.1, 0.15) is 0 Å². The van der Waals surface area contributed by atoms with Crippen molar-refractivity contribution in [3.8, 4) is 45.0 Å². The molecule has 0 aliphatic carbocycles. The summed E-state index contributed by atoms with van der Waals surface area (Å²) in [5, 5.41) is 9.84. The molecule has 0 N–H and O–H groups in total. The Labute approximate surface area is 335 Å². The number of benzene rings is 9. The fourth-order valence-corrected chi connectivity index (χ4v) is 9.15. The van der Waals surface area contributed by atoms with Gasteiger partial charge in [-0.1, -0.05) is 152 Å². The van der Waals surface area contributed by atoms with Gasteiger partial charge >= 0.3 is 0 Å². The summed E-state index contributed by atoms with van der Waals surface area (Å²) in [6.07, 6.45) is 0. The molecule has 0 amide bonds. The van der Waals surface area contributed by atoms with Crippen molar-refractivity contribution >= 4 is 65.2 Å². The lowest BCUT2D eigenvalue weighted by molar-refractivity contribution is 1.18. The smallest absolute Gasteiger partial charge is 0.0721 e. The zero-order valence-corrected chi connectivity index (χ0v) is 31.5. The van der Waals surface area contributed by atoms with Gasteiger partial charge < -0.3 is 9.13 Å². The molecule has 0 saturated carbocycles. The summed E-state index contributed by atoms with van der Waals surface area (Å²) < 4.78 is 4.86. The van der Waals surface area contributed by atoms with Crippen molar-refractivity contribution in [1.82, 2.24) is 14.1 Å². The maximum absolute atomic E-state index is 5.25. The lowest BCUT2D eigenvalue weighted by atomic mass is 9.97. The highest BCUT2D eigenvalue weighted by atomic mass is 15.0. The minimum absolute atomic E-state index is 0.958. The lowest BCUT2D eigenvalue weighted by Crippen LogP contribution is -1.95. The molecule has 0 unspecified atom stereocenters. The van der Waals surface area contributed by atoms with Crippen LogP contribution >= 0.6 is 0 Å². The van der Waals surface area contributed by atoms with Gasteiger partial charge in [-0.25, -0.2) is 4.98 Å². The van der Waals surface area contributed by atoms with Crippen molar-refractivity contribution in [1.29, 1.82) is 0 Å². The Morgan fingerprint density at radius 2 is 0.828 bits per heavy atom. The molecule has 12 rings (SSSR count). The minimum atomic E-state index is 0.958. The van der Waals surface area contributed by atoms with Crippen molar-refractivity contribution in [3.05, 3.63) is 212 Å². The van der Waals surface area contributed by atoms with E-state index in [1.165, 1.54) is 70.8 Å². The Kier molecular flexibility index (Phi) is 7.23. The number of pyridine rings is 1. The molecule has 0 aliphatic rings. The van der Waals surface area contributed by atoms with E-state index < -0.39 is 0 Å². The second kappa shape index (κ2) is 12.9. The van der Waals surface area contributed by atoms with E-state index in [1.807, 2.05) is 0 Å². The van der Waals surface area contributed by atoms with E-state index in [2.05, 4.69) is 221 Å². The maximum Gasteiger partial charge on any atom is 0.0721 e. The van der Waals surface area contributed by atoms with Crippen LogP contribution in [0.3, 0.4) is 0 Å². The number of nitrogens with zero attached hydrogens (tertiary/aromatic N) is 3. The molecule has 12 aromatic rings. The molecule has 0 saturated heterocycles. The van der Waals surface area contributed by atoms with Crippen LogP contribution in [0.4, 0.5) is 0 Å². The van der Waals surface area contributed by atoms with E-state index in [-0.39, 0.29) is 0 Å². The van der Waals surface area contributed by atoms with Crippen molar-refractivity contribution in [2.75, 3.05) is 0 Å². The second-order valence-electron chi connectivity index (χ2n) is 15.2. The Morgan fingerprint density at radius 1 is 0.276 bits per heavy atom. The normalized spacial score (nSPS) is 11.8. The van der Waals surface area contributed by atoms with E-state index in [1.54, 1.807) is 0 Å². The topological polar surface area (TPSA) is 22.8 Å². The van der Waals surface area contributed by atoms with Gasteiger partial charge in [-0.05, 0) is 93.3 Å². The third kappa shape index (κ3) is 5.11. The Bertz CT molecular complexity index is 3550. The highest BCUT2D eigenvalue weighted by Gasteiger charge is 2.19. The molecule has 9 aromatic carbocycles. The molecule has 3 aromatic heterocycles. The SMILES string of the molecule is c1ccc(-c2cc(-c3ccc(-n4c5ccccc5c5cc6c(cc54)c4ccccc4n6-c4ccc5ccccc5c4)cc3)cc(-c3cccc4ccccc34)n2)cc1. The van der Waals surface area contributed by atoms with E-state index >= 15 is 0 Å². The van der Waals surface area contributed by atoms with Crippen LogP contribution < -0.4 is 0 Å². The van der Waals surface area contributed by atoms with Crippen LogP contribution in [-0.2, 0) is 0 Å². The number of fused-ring (bicyclic) bond motifs is 8. The van der Waals surface area contributed by atoms with Crippen LogP contribution in [0.25, 0.3) is 110 Å². The van der Waals surface area contributed by atoms with Gasteiger partial charge in [0, 0.05) is 44.0 Å². The van der Waals surface area contributed by atoms with Crippen LogP contribution in [0.15, 0.2) is 212 Å². The van der Waals surface area contributed by atoms with Crippen molar-refractivity contribution in [3.63, 3.8) is 0 Å². The minimum Gasteiger partial charge on any atom is -0.309 e. The predicted molar refractivity (Wildman–Crippen MR) is 244 cm³/mol. The van der Waals surface area contributed by atoms with Gasteiger partial charge in [-0.15, -0.1) is 0 Å². The molecule has 0 atom stereocenters. The Balaban J connectivity index is 1.03. The van der Waals surface area contributed by atoms with E-state index in [0.29, 0.717) is 0 Å². The molecular weight excluding hydrogens is 703 g/mol. The first-order chi connectivity index (χ1) is 28.7. The van der Waals surface area contributed by atoms with Crippen LogP contribution in [-0.4, -0.2) is 14.1 Å². The van der Waals surface area contributed by atoms with Crippen molar-refractivity contribution in [2.24, 2.45) is 0 Å². The number of para-hydroxylation sites is 2. The molecule has 0 spiro atoms. The zero-order chi connectivity index (χ0) is 38.2. The molecule has 270 valence electrons. The van der Waals surface area contributed by atoms with E-state index in [9.17, 15) is 0 Å². The summed E-state index contributed by atoms with van der Waals surface area (Å²) in [6, 6.07) is 76.9. The number of aromatic nitrogens is 3. The third-order valence-electron chi connectivity index (χ3n) is 11.9. The molecule has 3 heteroatoms. The number of hydrogen-bond acceptors (Lipinski definition) is 1. The highest BCUT2D eigenvalue weighted by Crippen LogP contribution is 2.41. The fraction of sp³-hybridized carbons (Fsp3) is 0. The average molecular weight is 738 g/mol. The number of rotatable bonds is 5. The predicted octanol–water partition coefficient (Wildman–Crippen LogP) is 14.6. The van der Waals surface area contributed by atoms with Gasteiger partial charge in [-0.3, -0.25) is 0 Å². The van der Waals surface area contributed by atoms with Crippen molar-refractivity contribution < 1.29 is 0 Å². The lowest BCUT2D eigenvalue weighted by Gasteiger charge is -2.13. The monoisotopic (exact) mass is 737 g/mol. The average Bonchev–Trinajstić information content (AvgIpc) is 3.80. The summed E-state index contributed by atoms with van der Waals surface area (Å²) in [5.74, 6) is 0. The van der Waals surface area contributed by atoms with Gasteiger partial charge in [0.2, 0.25) is 0 Å². The van der Waals surface area contributed by atoms with E-state index in [0.717, 1.165) is 39.3 Å². The quantitative estimate of drug-likeness (QED) is 0.172. The highest BCUT2D eigenvalue weighted by molar-refractivity contribution is 6.19. The molecule has 0 radical (unpaired) electrons. The fourth-order valence-electron chi connectivity index (χ4n) is 9.15. The van der Waals surface area contributed by atoms with E-state index in [4.69, 9.17) is 4.98 Å². The molecule has 3 nitrogen and oxygen atoms in total. The summed E-state index contributed by atoms with van der Waals surface area (Å²) >= 11 is 0. The van der Waals surface area contributed by atoms with Crippen LogP contribution in [0, 0.1) is 0 Å².